The molecule has 0 amide bonds. The Bertz CT molecular complexity index is 303. The molecular weight excluding hydrogens is 180 g/mol. The molecule has 0 heterocycles. The van der Waals surface area contributed by atoms with Gasteiger partial charge in [-0.3, -0.25) is 4.79 Å². The topological polar surface area (TPSA) is 46.5 Å². The van der Waals surface area contributed by atoms with Crippen LogP contribution in [0.1, 0.15) is 24.0 Å². The first kappa shape index (κ1) is 10.7. The predicted octanol–water partition coefficient (Wildman–Crippen LogP) is 2.02. The van der Waals surface area contributed by atoms with Crippen molar-refractivity contribution in [3.8, 4) is 0 Å². The van der Waals surface area contributed by atoms with E-state index in [1.54, 1.807) is 14.0 Å². The summed E-state index contributed by atoms with van der Waals surface area (Å²) in [6, 6.07) is 7.43. The molecule has 0 spiro atoms. The third-order valence-electron chi connectivity index (χ3n) is 2.16. The maximum atomic E-state index is 10.7. The Hall–Kier alpha value is -1.35. The van der Waals surface area contributed by atoms with Gasteiger partial charge in [0.05, 0.1) is 12.5 Å². The molecule has 3 nitrogen and oxygen atoms in total. The Balaban J connectivity index is 2.77. The maximum Gasteiger partial charge on any atom is 0.310 e. The average molecular weight is 194 g/mol. The van der Waals surface area contributed by atoms with Gasteiger partial charge in [0.25, 0.3) is 0 Å². The number of hydrogen-bond acceptors (Lipinski definition) is 2. The van der Waals surface area contributed by atoms with Crippen molar-refractivity contribution in [3.05, 3.63) is 35.4 Å². The molecule has 0 aliphatic heterocycles. The van der Waals surface area contributed by atoms with Gasteiger partial charge in [-0.2, -0.15) is 0 Å². The number of carbonyl (C=O) groups is 1. The van der Waals surface area contributed by atoms with E-state index in [-0.39, 0.29) is 0 Å². The van der Waals surface area contributed by atoms with Crippen molar-refractivity contribution >= 4 is 5.97 Å². The number of hydrogen-bond donors (Lipinski definition) is 1. The third kappa shape index (κ3) is 2.57. The summed E-state index contributed by atoms with van der Waals surface area (Å²) >= 11 is 0. The van der Waals surface area contributed by atoms with Crippen LogP contribution in [0.25, 0.3) is 0 Å². The molecule has 0 bridgehead atoms. The van der Waals surface area contributed by atoms with Gasteiger partial charge in [0.15, 0.2) is 0 Å². The summed E-state index contributed by atoms with van der Waals surface area (Å²) in [6.45, 7) is 2.23. The summed E-state index contributed by atoms with van der Waals surface area (Å²) in [5.41, 5.74) is 1.87. The maximum absolute atomic E-state index is 10.7. The zero-order chi connectivity index (χ0) is 10.6. The second kappa shape index (κ2) is 4.77. The van der Waals surface area contributed by atoms with E-state index in [0.29, 0.717) is 6.61 Å². The van der Waals surface area contributed by atoms with E-state index < -0.39 is 11.9 Å². The lowest BCUT2D eigenvalue weighted by Gasteiger charge is -2.07. The molecule has 1 atom stereocenters. The fourth-order valence-corrected chi connectivity index (χ4v) is 1.21. The molecule has 3 heteroatoms. The number of rotatable bonds is 4. The first-order valence-electron chi connectivity index (χ1n) is 4.45. The number of aliphatic carboxylic acids is 1. The molecule has 0 saturated carbocycles. The van der Waals surface area contributed by atoms with E-state index in [9.17, 15) is 4.79 Å². The van der Waals surface area contributed by atoms with E-state index in [1.807, 2.05) is 24.3 Å². The molecule has 14 heavy (non-hydrogen) atoms. The van der Waals surface area contributed by atoms with Crippen molar-refractivity contribution in [2.24, 2.45) is 0 Å². The molecule has 1 aromatic carbocycles. The van der Waals surface area contributed by atoms with Gasteiger partial charge in [0.1, 0.15) is 0 Å². The van der Waals surface area contributed by atoms with Crippen LogP contribution in [0, 0.1) is 0 Å². The standard InChI is InChI=1S/C11H14O3/c1-8(11(12)13)10-5-3-9(4-6-10)7-14-2/h3-6,8H,7H2,1-2H3,(H,12,13)/t8-/m0/s1. The Morgan fingerprint density at radius 2 is 2.00 bits per heavy atom. The highest BCUT2D eigenvalue weighted by Gasteiger charge is 2.12. The molecule has 0 fully saturated rings. The number of benzene rings is 1. The molecule has 1 N–H and O–H groups in total. The van der Waals surface area contributed by atoms with Crippen molar-refractivity contribution in [1.82, 2.24) is 0 Å². The lowest BCUT2D eigenvalue weighted by molar-refractivity contribution is -0.138. The molecule has 1 rings (SSSR count). The minimum Gasteiger partial charge on any atom is -0.481 e. The number of ether oxygens (including phenoxy) is 1. The van der Waals surface area contributed by atoms with Crippen molar-refractivity contribution in [1.29, 1.82) is 0 Å². The SMILES string of the molecule is COCc1ccc([C@H](C)C(=O)O)cc1. The van der Waals surface area contributed by atoms with Gasteiger partial charge in [-0.05, 0) is 18.1 Å². The van der Waals surface area contributed by atoms with Gasteiger partial charge in [-0.1, -0.05) is 24.3 Å². The highest BCUT2D eigenvalue weighted by molar-refractivity contribution is 5.75. The third-order valence-corrected chi connectivity index (χ3v) is 2.16. The lowest BCUT2D eigenvalue weighted by atomic mass is 10.0. The monoisotopic (exact) mass is 194 g/mol. The zero-order valence-electron chi connectivity index (χ0n) is 8.36. The molecule has 1 aromatic rings. The van der Waals surface area contributed by atoms with Gasteiger partial charge in [0, 0.05) is 7.11 Å². The largest absolute Gasteiger partial charge is 0.481 e. The first-order chi connectivity index (χ1) is 6.65. The van der Waals surface area contributed by atoms with Crippen LogP contribution in [0.5, 0.6) is 0 Å². The van der Waals surface area contributed by atoms with Crippen LogP contribution >= 0.6 is 0 Å². The van der Waals surface area contributed by atoms with E-state index in [4.69, 9.17) is 9.84 Å². The summed E-state index contributed by atoms with van der Waals surface area (Å²) in [4.78, 5) is 10.7. The quantitative estimate of drug-likeness (QED) is 0.797. The molecule has 0 aliphatic rings. The molecular formula is C11H14O3. The second-order valence-corrected chi connectivity index (χ2v) is 3.23. The minimum absolute atomic E-state index is 0.452. The fraction of sp³-hybridized carbons (Fsp3) is 0.364. The van der Waals surface area contributed by atoms with Gasteiger partial charge in [-0.25, -0.2) is 0 Å². The summed E-state index contributed by atoms with van der Waals surface area (Å²) in [5.74, 6) is -1.25. The Morgan fingerprint density at radius 3 is 2.43 bits per heavy atom. The Labute approximate surface area is 83.3 Å². The van der Waals surface area contributed by atoms with Crippen LogP contribution in [-0.2, 0) is 16.1 Å². The van der Waals surface area contributed by atoms with Crippen molar-refractivity contribution in [2.75, 3.05) is 7.11 Å². The normalized spacial score (nSPS) is 12.4. The van der Waals surface area contributed by atoms with Crippen LogP contribution in [-0.4, -0.2) is 18.2 Å². The average Bonchev–Trinajstić information content (AvgIpc) is 2.18. The van der Waals surface area contributed by atoms with Gasteiger partial charge in [0.2, 0.25) is 0 Å². The van der Waals surface area contributed by atoms with Crippen LogP contribution in [0.3, 0.4) is 0 Å². The highest BCUT2D eigenvalue weighted by atomic mass is 16.5. The summed E-state index contributed by atoms with van der Waals surface area (Å²) in [6.07, 6.45) is 0. The predicted molar refractivity (Wildman–Crippen MR) is 53.2 cm³/mol. The molecule has 0 saturated heterocycles. The van der Waals surface area contributed by atoms with Crippen molar-refractivity contribution in [3.63, 3.8) is 0 Å². The van der Waals surface area contributed by atoms with Crippen LogP contribution in [0.2, 0.25) is 0 Å². The van der Waals surface area contributed by atoms with Gasteiger partial charge >= 0.3 is 5.97 Å². The van der Waals surface area contributed by atoms with E-state index in [0.717, 1.165) is 11.1 Å². The van der Waals surface area contributed by atoms with Gasteiger partial charge < -0.3 is 9.84 Å². The lowest BCUT2D eigenvalue weighted by Crippen LogP contribution is -2.07. The molecule has 76 valence electrons. The molecule has 0 radical (unpaired) electrons. The second-order valence-electron chi connectivity index (χ2n) is 3.23. The Morgan fingerprint density at radius 1 is 1.43 bits per heavy atom. The number of carboxylic acids is 1. The van der Waals surface area contributed by atoms with Crippen LogP contribution in [0.15, 0.2) is 24.3 Å². The summed E-state index contributed by atoms with van der Waals surface area (Å²) in [7, 11) is 1.63. The fourth-order valence-electron chi connectivity index (χ4n) is 1.21. The Kier molecular flexibility index (Phi) is 3.65. The van der Waals surface area contributed by atoms with Gasteiger partial charge in [-0.15, -0.1) is 0 Å². The zero-order valence-corrected chi connectivity index (χ0v) is 8.36. The van der Waals surface area contributed by atoms with Crippen molar-refractivity contribution in [2.45, 2.75) is 19.4 Å². The number of methoxy groups -OCH3 is 1. The summed E-state index contributed by atoms with van der Waals surface area (Å²) < 4.78 is 4.96. The van der Waals surface area contributed by atoms with Crippen LogP contribution in [0.4, 0.5) is 0 Å². The smallest absolute Gasteiger partial charge is 0.310 e. The first-order valence-corrected chi connectivity index (χ1v) is 4.45. The van der Waals surface area contributed by atoms with Crippen molar-refractivity contribution < 1.29 is 14.6 Å². The van der Waals surface area contributed by atoms with E-state index >= 15 is 0 Å². The minimum atomic E-state index is -0.801. The number of carboxylic acid groups (broad SMARTS) is 1. The molecule has 0 unspecified atom stereocenters. The van der Waals surface area contributed by atoms with Crippen LogP contribution < -0.4 is 0 Å². The summed E-state index contributed by atoms with van der Waals surface area (Å²) in [5, 5.41) is 8.78. The van der Waals surface area contributed by atoms with E-state index in [2.05, 4.69) is 0 Å². The highest BCUT2D eigenvalue weighted by Crippen LogP contribution is 2.16. The molecule has 0 aromatic heterocycles. The molecule has 0 aliphatic carbocycles. The van der Waals surface area contributed by atoms with E-state index in [1.165, 1.54) is 0 Å².